The highest BCUT2D eigenvalue weighted by Gasteiger charge is 2.19. The Morgan fingerprint density at radius 1 is 1.56 bits per heavy atom. The minimum absolute atomic E-state index is 0.139. The zero-order valence-electron chi connectivity index (χ0n) is 10.7. The third-order valence-electron chi connectivity index (χ3n) is 2.88. The standard InChI is InChI=1S/C13H17BrFNOS/c1-9(6-7-18-3)16(2)13(17)11-8-10(15)4-5-12(11)14/h4-5,8-9H,6-7H2,1-3H3. The molecule has 2 nitrogen and oxygen atoms in total. The van der Waals surface area contributed by atoms with E-state index in [0.717, 1.165) is 12.2 Å². The zero-order valence-corrected chi connectivity index (χ0v) is 13.1. The largest absolute Gasteiger partial charge is 0.339 e. The van der Waals surface area contributed by atoms with Gasteiger partial charge in [0.15, 0.2) is 0 Å². The van der Waals surface area contributed by atoms with E-state index in [1.807, 2.05) is 13.2 Å². The molecule has 1 amide bonds. The van der Waals surface area contributed by atoms with Crippen LogP contribution in [0.3, 0.4) is 0 Å². The molecule has 0 bridgehead atoms. The van der Waals surface area contributed by atoms with Gasteiger partial charge in [-0.15, -0.1) is 0 Å². The second kappa shape index (κ2) is 7.14. The van der Waals surface area contributed by atoms with Gasteiger partial charge >= 0.3 is 0 Å². The number of thioether (sulfide) groups is 1. The average Bonchev–Trinajstić information content (AvgIpc) is 2.37. The summed E-state index contributed by atoms with van der Waals surface area (Å²) in [6.45, 7) is 2.00. The highest BCUT2D eigenvalue weighted by atomic mass is 79.9. The van der Waals surface area contributed by atoms with Gasteiger partial charge in [-0.1, -0.05) is 0 Å². The molecule has 0 aromatic heterocycles. The number of amides is 1. The summed E-state index contributed by atoms with van der Waals surface area (Å²) in [4.78, 5) is 13.9. The predicted octanol–water partition coefficient (Wildman–Crippen LogP) is 3.80. The molecule has 0 radical (unpaired) electrons. The van der Waals surface area contributed by atoms with Crippen molar-refractivity contribution in [2.75, 3.05) is 19.1 Å². The van der Waals surface area contributed by atoms with Crippen LogP contribution in [0.1, 0.15) is 23.7 Å². The summed E-state index contributed by atoms with van der Waals surface area (Å²) >= 11 is 5.04. The average molecular weight is 334 g/mol. The lowest BCUT2D eigenvalue weighted by atomic mass is 10.1. The minimum Gasteiger partial charge on any atom is -0.339 e. The van der Waals surface area contributed by atoms with Crippen molar-refractivity contribution in [3.63, 3.8) is 0 Å². The van der Waals surface area contributed by atoms with Crippen LogP contribution in [0.15, 0.2) is 22.7 Å². The van der Waals surface area contributed by atoms with Crippen molar-refractivity contribution in [2.24, 2.45) is 0 Å². The fraction of sp³-hybridized carbons (Fsp3) is 0.462. The lowest BCUT2D eigenvalue weighted by Crippen LogP contribution is -2.35. The molecule has 1 aromatic rings. The summed E-state index contributed by atoms with van der Waals surface area (Å²) in [5, 5.41) is 0. The van der Waals surface area contributed by atoms with Crippen LogP contribution < -0.4 is 0 Å². The first-order valence-electron chi connectivity index (χ1n) is 5.68. The van der Waals surface area contributed by atoms with Crippen molar-refractivity contribution in [1.82, 2.24) is 4.90 Å². The Hall–Kier alpha value is -0.550. The van der Waals surface area contributed by atoms with Crippen LogP contribution in [0, 0.1) is 5.82 Å². The Kier molecular flexibility index (Phi) is 6.15. The molecule has 0 aliphatic heterocycles. The minimum atomic E-state index is -0.397. The van der Waals surface area contributed by atoms with Gasteiger partial charge in [0.05, 0.1) is 5.56 Å². The Balaban J connectivity index is 2.82. The van der Waals surface area contributed by atoms with E-state index in [2.05, 4.69) is 15.9 Å². The Labute approximate surface area is 120 Å². The van der Waals surface area contributed by atoms with Gasteiger partial charge in [-0.05, 0) is 59.5 Å². The molecule has 1 atom stereocenters. The summed E-state index contributed by atoms with van der Waals surface area (Å²) in [6, 6.07) is 4.30. The molecular formula is C13H17BrFNOS. The van der Waals surface area contributed by atoms with E-state index in [1.54, 1.807) is 29.8 Å². The molecule has 1 rings (SSSR count). The fourth-order valence-corrected chi connectivity index (χ4v) is 2.53. The van der Waals surface area contributed by atoms with Gasteiger partial charge in [-0.3, -0.25) is 4.79 Å². The predicted molar refractivity (Wildman–Crippen MR) is 78.7 cm³/mol. The summed E-state index contributed by atoms with van der Waals surface area (Å²) in [5.41, 5.74) is 0.369. The van der Waals surface area contributed by atoms with Crippen molar-refractivity contribution in [1.29, 1.82) is 0 Å². The lowest BCUT2D eigenvalue weighted by Gasteiger charge is -2.25. The quantitative estimate of drug-likeness (QED) is 0.816. The molecule has 0 fully saturated rings. The zero-order chi connectivity index (χ0) is 13.7. The first-order valence-corrected chi connectivity index (χ1v) is 7.87. The number of carbonyl (C=O) groups is 1. The van der Waals surface area contributed by atoms with Crippen molar-refractivity contribution in [3.05, 3.63) is 34.1 Å². The Bertz CT molecular complexity index is 427. The fourth-order valence-electron chi connectivity index (χ4n) is 1.53. The van der Waals surface area contributed by atoms with Crippen LogP contribution in [-0.4, -0.2) is 35.9 Å². The summed E-state index contributed by atoms with van der Waals surface area (Å²) in [6.07, 6.45) is 2.97. The van der Waals surface area contributed by atoms with Crippen molar-refractivity contribution < 1.29 is 9.18 Å². The SMILES string of the molecule is CSCCC(C)N(C)C(=O)c1cc(F)ccc1Br. The normalized spacial score (nSPS) is 12.3. The maximum absolute atomic E-state index is 13.2. The molecule has 1 unspecified atom stereocenters. The highest BCUT2D eigenvalue weighted by Crippen LogP contribution is 2.20. The molecule has 0 heterocycles. The first kappa shape index (κ1) is 15.5. The van der Waals surface area contributed by atoms with Crippen LogP contribution in [0.2, 0.25) is 0 Å². The molecule has 5 heteroatoms. The molecule has 0 aliphatic rings. The second-order valence-electron chi connectivity index (χ2n) is 4.17. The van der Waals surface area contributed by atoms with Crippen LogP contribution in [0.4, 0.5) is 4.39 Å². The lowest BCUT2D eigenvalue weighted by molar-refractivity contribution is 0.0740. The van der Waals surface area contributed by atoms with E-state index in [-0.39, 0.29) is 11.9 Å². The van der Waals surface area contributed by atoms with E-state index in [1.165, 1.54) is 12.1 Å². The maximum Gasteiger partial charge on any atom is 0.255 e. The van der Waals surface area contributed by atoms with Gasteiger partial charge in [-0.25, -0.2) is 4.39 Å². The third-order valence-corrected chi connectivity index (χ3v) is 4.22. The molecule has 0 saturated heterocycles. The van der Waals surface area contributed by atoms with E-state index in [9.17, 15) is 9.18 Å². The smallest absolute Gasteiger partial charge is 0.255 e. The molecule has 1 aromatic carbocycles. The van der Waals surface area contributed by atoms with Gasteiger partial charge in [0.1, 0.15) is 5.82 Å². The van der Waals surface area contributed by atoms with Crippen molar-refractivity contribution in [3.8, 4) is 0 Å². The highest BCUT2D eigenvalue weighted by molar-refractivity contribution is 9.10. The van der Waals surface area contributed by atoms with Gasteiger partial charge < -0.3 is 4.90 Å². The number of rotatable bonds is 5. The van der Waals surface area contributed by atoms with E-state index in [0.29, 0.717) is 10.0 Å². The Morgan fingerprint density at radius 2 is 2.22 bits per heavy atom. The first-order chi connectivity index (χ1) is 8.47. The molecule has 0 N–H and O–H groups in total. The van der Waals surface area contributed by atoms with Crippen LogP contribution in [0.25, 0.3) is 0 Å². The van der Waals surface area contributed by atoms with Gasteiger partial charge in [0.25, 0.3) is 5.91 Å². The number of benzene rings is 1. The Morgan fingerprint density at radius 3 is 2.83 bits per heavy atom. The molecule has 0 spiro atoms. The van der Waals surface area contributed by atoms with E-state index >= 15 is 0 Å². The van der Waals surface area contributed by atoms with Crippen LogP contribution in [-0.2, 0) is 0 Å². The van der Waals surface area contributed by atoms with Gasteiger partial charge in [0, 0.05) is 17.6 Å². The molecular weight excluding hydrogens is 317 g/mol. The molecule has 0 aliphatic carbocycles. The number of hydrogen-bond donors (Lipinski definition) is 0. The topological polar surface area (TPSA) is 20.3 Å². The summed E-state index contributed by atoms with van der Waals surface area (Å²) < 4.78 is 13.8. The molecule has 18 heavy (non-hydrogen) atoms. The second-order valence-corrected chi connectivity index (χ2v) is 6.01. The molecule has 0 saturated carbocycles. The number of halogens is 2. The van der Waals surface area contributed by atoms with Crippen molar-refractivity contribution >= 4 is 33.6 Å². The van der Waals surface area contributed by atoms with Gasteiger partial charge in [-0.2, -0.15) is 11.8 Å². The summed E-state index contributed by atoms with van der Waals surface area (Å²) in [7, 11) is 1.75. The monoisotopic (exact) mass is 333 g/mol. The molecule has 100 valence electrons. The number of carbonyl (C=O) groups excluding carboxylic acids is 1. The third kappa shape index (κ3) is 3.99. The van der Waals surface area contributed by atoms with Crippen LogP contribution >= 0.6 is 27.7 Å². The van der Waals surface area contributed by atoms with Gasteiger partial charge in [0.2, 0.25) is 0 Å². The van der Waals surface area contributed by atoms with E-state index < -0.39 is 5.82 Å². The number of nitrogens with zero attached hydrogens (tertiary/aromatic N) is 1. The maximum atomic E-state index is 13.2. The van der Waals surface area contributed by atoms with Crippen molar-refractivity contribution in [2.45, 2.75) is 19.4 Å². The summed E-state index contributed by atoms with van der Waals surface area (Å²) in [5.74, 6) is 0.449. The van der Waals surface area contributed by atoms with Crippen LogP contribution in [0.5, 0.6) is 0 Å². The number of hydrogen-bond acceptors (Lipinski definition) is 2. The van der Waals surface area contributed by atoms with E-state index in [4.69, 9.17) is 0 Å².